The fourth-order valence-corrected chi connectivity index (χ4v) is 6.03. The van der Waals surface area contributed by atoms with Crippen molar-refractivity contribution in [2.24, 2.45) is 0 Å². The number of sulfonamides is 1. The van der Waals surface area contributed by atoms with Gasteiger partial charge in [-0.05, 0) is 35.4 Å². The van der Waals surface area contributed by atoms with Crippen LogP contribution in [0.2, 0.25) is 0 Å². The van der Waals surface area contributed by atoms with Gasteiger partial charge in [0, 0.05) is 24.2 Å². The highest BCUT2D eigenvalue weighted by Gasteiger charge is 2.26. The molecule has 192 valence electrons. The summed E-state index contributed by atoms with van der Waals surface area (Å²) in [6, 6.07) is 22.2. The molecule has 3 aromatic heterocycles. The molecule has 2 aromatic carbocycles. The predicted octanol–water partition coefficient (Wildman–Crippen LogP) is 3.74. The van der Waals surface area contributed by atoms with Crippen molar-refractivity contribution in [1.29, 1.82) is 0 Å². The second-order valence-electron chi connectivity index (χ2n) is 8.18. The van der Waals surface area contributed by atoms with E-state index in [0.717, 1.165) is 28.4 Å². The molecule has 0 fully saturated rings. The van der Waals surface area contributed by atoms with E-state index >= 15 is 0 Å². The smallest absolute Gasteiger partial charge is 0.364 e. The van der Waals surface area contributed by atoms with Gasteiger partial charge in [-0.3, -0.25) is 9.97 Å². The number of fused-ring (bicyclic) bond motifs is 1. The average Bonchev–Trinajstić information content (AvgIpc) is 2.91. The number of anilines is 1. The summed E-state index contributed by atoms with van der Waals surface area (Å²) in [7, 11) is -9.61. The van der Waals surface area contributed by atoms with Crippen molar-refractivity contribution in [3.05, 3.63) is 97.1 Å². The molecule has 0 unspecified atom stereocenters. The van der Waals surface area contributed by atoms with E-state index in [0.29, 0.717) is 17.9 Å². The first-order valence-corrected chi connectivity index (χ1v) is 14.3. The van der Waals surface area contributed by atoms with Crippen molar-refractivity contribution in [2.45, 2.75) is 11.4 Å². The third-order valence-corrected chi connectivity index (χ3v) is 8.25. The summed E-state index contributed by atoms with van der Waals surface area (Å²) in [5, 5.41) is 4.09. The molecule has 3 heterocycles. The second kappa shape index (κ2) is 10.4. The Morgan fingerprint density at radius 1 is 0.868 bits per heavy atom. The molecule has 11 nitrogen and oxygen atoms in total. The van der Waals surface area contributed by atoms with E-state index in [4.69, 9.17) is 14.8 Å². The Balaban J connectivity index is 1.65. The molecule has 0 saturated heterocycles. The van der Waals surface area contributed by atoms with Crippen LogP contribution in [0.5, 0.6) is 0 Å². The average molecular weight is 549 g/mol. The maximum atomic E-state index is 12.5. The van der Waals surface area contributed by atoms with Gasteiger partial charge in [0.05, 0.1) is 23.1 Å². The summed E-state index contributed by atoms with van der Waals surface area (Å²) in [4.78, 5) is 35.4. The minimum Gasteiger partial charge on any atom is -0.364 e. The molecule has 5 rings (SSSR count). The molecule has 38 heavy (non-hydrogen) atoms. The minimum absolute atomic E-state index is 0.173. The Kier molecular flexibility index (Phi) is 6.98. The molecule has 0 bridgehead atoms. The molecule has 0 aliphatic heterocycles. The first kappa shape index (κ1) is 25.6. The number of nitrogens with zero attached hydrogens (tertiary/aromatic N) is 4. The number of nitrogens with one attached hydrogen (secondary N) is 2. The van der Waals surface area contributed by atoms with Gasteiger partial charge >= 0.3 is 7.75 Å². The molecule has 0 aliphatic carbocycles. The Bertz CT molecular complexity index is 1770. The Labute approximate surface area is 217 Å². The Hall–Kier alpha value is -4.06. The van der Waals surface area contributed by atoms with Gasteiger partial charge in [-0.1, -0.05) is 48.5 Å². The van der Waals surface area contributed by atoms with Gasteiger partial charge in [-0.2, -0.15) is 0 Å². The molecule has 5 aromatic rings. The van der Waals surface area contributed by atoms with E-state index < -0.39 is 22.7 Å². The summed E-state index contributed by atoms with van der Waals surface area (Å²) in [5.74, 6) is 0.670. The molecule has 13 heteroatoms. The van der Waals surface area contributed by atoms with Gasteiger partial charge in [-0.15, -0.1) is 4.49 Å². The summed E-state index contributed by atoms with van der Waals surface area (Å²) in [6.45, 7) is 0.369. The van der Waals surface area contributed by atoms with Crippen LogP contribution in [0.1, 0.15) is 5.69 Å². The maximum Gasteiger partial charge on any atom is 0.414 e. The Morgan fingerprint density at radius 3 is 2.39 bits per heavy atom. The van der Waals surface area contributed by atoms with Crippen LogP contribution >= 0.6 is 7.75 Å². The van der Waals surface area contributed by atoms with Gasteiger partial charge in [0.15, 0.2) is 5.82 Å². The molecular formula is C25H21N6O5PS. The van der Waals surface area contributed by atoms with Crippen LogP contribution in [0.4, 0.5) is 5.82 Å². The molecule has 0 aliphatic rings. The molecule has 0 saturated carbocycles. The van der Waals surface area contributed by atoms with Crippen LogP contribution in [-0.4, -0.2) is 38.1 Å². The number of aromatic nitrogens is 4. The molecule has 0 atom stereocenters. The molecule has 4 N–H and O–H groups in total. The van der Waals surface area contributed by atoms with Gasteiger partial charge in [0.2, 0.25) is 0 Å². The van der Waals surface area contributed by atoms with Gasteiger partial charge in [-0.25, -0.2) is 23.0 Å². The van der Waals surface area contributed by atoms with Crippen molar-refractivity contribution in [2.75, 3.05) is 5.32 Å². The van der Waals surface area contributed by atoms with E-state index in [2.05, 4.69) is 20.3 Å². The van der Waals surface area contributed by atoms with Crippen molar-refractivity contribution in [3.8, 4) is 22.5 Å². The minimum atomic E-state index is -5.07. The summed E-state index contributed by atoms with van der Waals surface area (Å²) in [5.41, 5.74) is 3.50. The third-order valence-electron chi connectivity index (χ3n) is 5.49. The van der Waals surface area contributed by atoms with Crippen LogP contribution in [0.15, 0.2) is 96.3 Å². The quantitative estimate of drug-likeness (QED) is 0.210. The van der Waals surface area contributed by atoms with Gasteiger partial charge in [0.1, 0.15) is 10.7 Å². The Morgan fingerprint density at radius 2 is 1.66 bits per heavy atom. The number of pyridine rings is 2. The van der Waals surface area contributed by atoms with Crippen LogP contribution in [0.25, 0.3) is 33.4 Å². The van der Waals surface area contributed by atoms with E-state index in [1.807, 2.05) is 66.7 Å². The van der Waals surface area contributed by atoms with E-state index in [1.54, 1.807) is 6.20 Å². The van der Waals surface area contributed by atoms with Gasteiger partial charge in [0.25, 0.3) is 10.0 Å². The zero-order chi connectivity index (χ0) is 26.8. The number of rotatable bonds is 8. The lowest BCUT2D eigenvalue weighted by molar-refractivity contribution is 0.368. The van der Waals surface area contributed by atoms with E-state index in [-0.39, 0.29) is 11.4 Å². The van der Waals surface area contributed by atoms with Crippen molar-refractivity contribution in [1.82, 2.24) is 24.4 Å². The van der Waals surface area contributed by atoms with Crippen molar-refractivity contribution < 1.29 is 22.8 Å². The second-order valence-corrected chi connectivity index (χ2v) is 11.5. The number of hydrogen-bond acceptors (Lipinski definition) is 8. The topological polar surface area (TPSA) is 167 Å². The maximum absolute atomic E-state index is 12.5. The van der Waals surface area contributed by atoms with E-state index in [1.165, 1.54) is 16.8 Å². The summed E-state index contributed by atoms with van der Waals surface area (Å²) in [6.07, 6.45) is 4.05. The number of hydrogen-bond donors (Lipinski definition) is 4. The largest absolute Gasteiger partial charge is 0.414 e. The zero-order valence-corrected chi connectivity index (χ0v) is 21.3. The van der Waals surface area contributed by atoms with Gasteiger partial charge < -0.3 is 15.1 Å². The van der Waals surface area contributed by atoms with Crippen LogP contribution < -0.4 is 9.81 Å². The highest BCUT2D eigenvalue weighted by atomic mass is 32.2. The first-order valence-electron chi connectivity index (χ1n) is 11.2. The highest BCUT2D eigenvalue weighted by Crippen LogP contribution is 2.35. The SMILES string of the molecule is O=P(O)(O)NS(=O)(=O)c1cncc(-c2nc(NCc3ccccn3)c3c(-c4ccccc4)cccc3n2)c1. The molecular weight excluding hydrogens is 527 g/mol. The fraction of sp³-hybridized carbons (Fsp3) is 0.0400. The molecule has 0 amide bonds. The monoisotopic (exact) mass is 548 g/mol. The lowest BCUT2D eigenvalue weighted by Crippen LogP contribution is -2.20. The zero-order valence-electron chi connectivity index (χ0n) is 19.6. The normalized spacial score (nSPS) is 11.9. The number of benzene rings is 2. The summed E-state index contributed by atoms with van der Waals surface area (Å²) < 4.78 is 37.5. The molecule has 0 radical (unpaired) electrons. The van der Waals surface area contributed by atoms with Crippen molar-refractivity contribution >= 4 is 34.5 Å². The lowest BCUT2D eigenvalue weighted by atomic mass is 10.0. The fourth-order valence-electron chi connectivity index (χ4n) is 3.87. The lowest BCUT2D eigenvalue weighted by Gasteiger charge is -2.15. The third kappa shape index (κ3) is 5.75. The van der Waals surface area contributed by atoms with Crippen LogP contribution in [0.3, 0.4) is 0 Å². The highest BCUT2D eigenvalue weighted by molar-refractivity contribution is 7.94. The molecule has 0 spiro atoms. The first-order chi connectivity index (χ1) is 18.2. The van der Waals surface area contributed by atoms with Crippen LogP contribution in [0, 0.1) is 0 Å². The summed E-state index contributed by atoms with van der Waals surface area (Å²) >= 11 is 0. The van der Waals surface area contributed by atoms with E-state index in [9.17, 15) is 13.0 Å². The van der Waals surface area contributed by atoms with Crippen LogP contribution in [-0.2, 0) is 21.1 Å². The van der Waals surface area contributed by atoms with Crippen molar-refractivity contribution in [3.63, 3.8) is 0 Å². The standard InChI is InChI=1S/C25H21N6O5PS/c32-37(33,34)31-38(35,36)20-13-18(14-26-16-20)24-29-22-11-6-10-21(17-7-2-1-3-8-17)23(22)25(30-24)28-15-19-9-4-5-12-27-19/h1-14,16H,15H2,(H,28,29,30)(H3,31,32,33,34). The predicted molar refractivity (Wildman–Crippen MR) is 142 cm³/mol.